The molecule has 3 unspecified atom stereocenters. The van der Waals surface area contributed by atoms with E-state index in [0.29, 0.717) is 12.0 Å². The Morgan fingerprint density at radius 3 is 2.00 bits per heavy atom. The standard InChI is InChI=1S/C25H37NO9/c1-8-19(27)33-17-12-11-16(13-18(17)34-20(28)9-2)21(22(26)23(29)30)14(4)15(5)32-24(31)35-25(6,7)10-3/h11-15,21-22H,8-10,26H2,1-7H3,(H,29,30)/t14?,15?,21?,22-/m0/s1. The highest BCUT2D eigenvalue weighted by Gasteiger charge is 2.36. The largest absolute Gasteiger partial charge is 0.509 e. The van der Waals surface area contributed by atoms with E-state index in [1.54, 1.807) is 41.5 Å². The van der Waals surface area contributed by atoms with Crippen LogP contribution >= 0.6 is 0 Å². The smallest absolute Gasteiger partial charge is 0.480 e. The highest BCUT2D eigenvalue weighted by atomic mass is 16.7. The molecule has 0 saturated heterocycles. The summed E-state index contributed by atoms with van der Waals surface area (Å²) in [6, 6.07) is 2.99. The van der Waals surface area contributed by atoms with E-state index >= 15 is 0 Å². The molecule has 1 rings (SSSR count). The number of carbonyl (C=O) groups is 4. The normalized spacial score (nSPS) is 14.7. The van der Waals surface area contributed by atoms with Crippen molar-refractivity contribution in [1.82, 2.24) is 0 Å². The van der Waals surface area contributed by atoms with Crippen molar-refractivity contribution in [3.63, 3.8) is 0 Å². The summed E-state index contributed by atoms with van der Waals surface area (Å²) in [6.45, 7) is 11.9. The SMILES string of the molecule is CCC(=O)Oc1ccc(C(C(C)C(C)OC(=O)OC(C)(C)CC)[C@H](N)C(=O)O)cc1OC(=O)CC. The van der Waals surface area contributed by atoms with Gasteiger partial charge in [-0.2, -0.15) is 0 Å². The summed E-state index contributed by atoms with van der Waals surface area (Å²) in [5.74, 6) is -3.83. The van der Waals surface area contributed by atoms with Crippen LogP contribution < -0.4 is 15.2 Å². The summed E-state index contributed by atoms with van der Waals surface area (Å²) in [6.07, 6.45) is -0.900. The molecule has 0 heterocycles. The summed E-state index contributed by atoms with van der Waals surface area (Å²) >= 11 is 0. The average Bonchev–Trinajstić information content (AvgIpc) is 2.79. The van der Waals surface area contributed by atoms with Crippen molar-refractivity contribution in [3.8, 4) is 11.5 Å². The number of esters is 2. The second-order valence-corrected chi connectivity index (χ2v) is 8.90. The quantitative estimate of drug-likeness (QED) is 0.319. The van der Waals surface area contributed by atoms with Gasteiger partial charge in [0.2, 0.25) is 0 Å². The minimum absolute atomic E-state index is 0.0207. The number of rotatable bonds is 12. The molecule has 3 N–H and O–H groups in total. The van der Waals surface area contributed by atoms with Crippen LogP contribution in [0.2, 0.25) is 0 Å². The Bertz CT molecular complexity index is 912. The van der Waals surface area contributed by atoms with Gasteiger partial charge in [0.15, 0.2) is 11.5 Å². The molecular weight excluding hydrogens is 458 g/mol. The zero-order valence-electron chi connectivity index (χ0n) is 21.5. The number of ether oxygens (including phenoxy) is 4. The van der Waals surface area contributed by atoms with Crippen molar-refractivity contribution in [1.29, 1.82) is 0 Å². The number of aliphatic carboxylic acids is 1. The maximum absolute atomic E-state index is 12.3. The molecule has 35 heavy (non-hydrogen) atoms. The van der Waals surface area contributed by atoms with Crippen molar-refractivity contribution in [2.24, 2.45) is 11.7 Å². The number of benzene rings is 1. The van der Waals surface area contributed by atoms with E-state index in [2.05, 4.69) is 0 Å². The van der Waals surface area contributed by atoms with E-state index in [9.17, 15) is 24.3 Å². The summed E-state index contributed by atoms with van der Waals surface area (Å²) in [7, 11) is 0. The lowest BCUT2D eigenvalue weighted by Crippen LogP contribution is -2.43. The maximum Gasteiger partial charge on any atom is 0.509 e. The average molecular weight is 496 g/mol. The van der Waals surface area contributed by atoms with Gasteiger partial charge in [0.1, 0.15) is 17.7 Å². The van der Waals surface area contributed by atoms with Crippen molar-refractivity contribution in [2.45, 2.75) is 91.4 Å². The topological polar surface area (TPSA) is 151 Å². The third kappa shape index (κ3) is 8.86. The molecule has 0 radical (unpaired) electrons. The number of carboxylic acid groups (broad SMARTS) is 1. The lowest BCUT2D eigenvalue weighted by atomic mass is 9.79. The summed E-state index contributed by atoms with van der Waals surface area (Å²) in [5, 5.41) is 9.66. The molecule has 0 aliphatic carbocycles. The third-order valence-electron chi connectivity index (χ3n) is 5.85. The molecule has 1 aromatic rings. The number of hydrogen-bond donors (Lipinski definition) is 2. The van der Waals surface area contributed by atoms with Gasteiger partial charge in [0.25, 0.3) is 0 Å². The fourth-order valence-corrected chi connectivity index (χ4v) is 3.15. The first-order chi connectivity index (χ1) is 16.3. The van der Waals surface area contributed by atoms with Crippen LogP contribution in [-0.2, 0) is 23.9 Å². The zero-order chi connectivity index (χ0) is 26.9. The third-order valence-corrected chi connectivity index (χ3v) is 5.85. The highest BCUT2D eigenvalue weighted by Crippen LogP contribution is 2.37. The van der Waals surface area contributed by atoms with E-state index < -0.39 is 53.6 Å². The van der Waals surface area contributed by atoms with Crippen LogP contribution in [0.3, 0.4) is 0 Å². The molecule has 1 aromatic carbocycles. The van der Waals surface area contributed by atoms with Crippen molar-refractivity contribution in [3.05, 3.63) is 23.8 Å². The molecule has 4 atom stereocenters. The molecular formula is C25H37NO9. The molecule has 0 bridgehead atoms. The van der Waals surface area contributed by atoms with Gasteiger partial charge in [-0.3, -0.25) is 14.4 Å². The molecule has 10 heteroatoms. The van der Waals surface area contributed by atoms with Crippen LogP contribution in [0.15, 0.2) is 18.2 Å². The van der Waals surface area contributed by atoms with E-state index in [1.165, 1.54) is 18.2 Å². The molecule has 0 aliphatic heterocycles. The summed E-state index contributed by atoms with van der Waals surface area (Å²) < 4.78 is 21.3. The fraction of sp³-hybridized carbons (Fsp3) is 0.600. The molecule has 0 amide bonds. The number of carbonyl (C=O) groups excluding carboxylic acids is 3. The Labute approximate surface area is 206 Å². The van der Waals surface area contributed by atoms with E-state index in [1.807, 2.05) is 6.92 Å². The lowest BCUT2D eigenvalue weighted by molar-refractivity contribution is -0.140. The molecule has 196 valence electrons. The van der Waals surface area contributed by atoms with Gasteiger partial charge < -0.3 is 29.8 Å². The molecule has 10 nitrogen and oxygen atoms in total. The fourth-order valence-electron chi connectivity index (χ4n) is 3.15. The Balaban J connectivity index is 3.36. The van der Waals surface area contributed by atoms with Crippen molar-refractivity contribution in [2.75, 3.05) is 0 Å². The van der Waals surface area contributed by atoms with Gasteiger partial charge in [-0.1, -0.05) is 33.8 Å². The second-order valence-electron chi connectivity index (χ2n) is 8.90. The minimum Gasteiger partial charge on any atom is -0.480 e. The Hall–Kier alpha value is -3.14. The maximum atomic E-state index is 12.3. The molecule has 0 aromatic heterocycles. The van der Waals surface area contributed by atoms with E-state index in [-0.39, 0.29) is 24.3 Å². The van der Waals surface area contributed by atoms with Gasteiger partial charge in [0, 0.05) is 24.7 Å². The number of hydrogen-bond acceptors (Lipinski definition) is 9. The predicted octanol–water partition coefficient (Wildman–Crippen LogP) is 4.18. The van der Waals surface area contributed by atoms with Crippen molar-refractivity contribution >= 4 is 24.1 Å². The molecule has 0 spiro atoms. The van der Waals surface area contributed by atoms with Crippen molar-refractivity contribution < 1.29 is 43.2 Å². The Morgan fingerprint density at radius 2 is 1.51 bits per heavy atom. The first kappa shape index (κ1) is 29.9. The predicted molar refractivity (Wildman–Crippen MR) is 127 cm³/mol. The second kappa shape index (κ2) is 13.1. The van der Waals surface area contributed by atoms with Crippen LogP contribution in [0.5, 0.6) is 11.5 Å². The van der Waals surface area contributed by atoms with Crippen LogP contribution in [-0.4, -0.2) is 46.9 Å². The molecule has 0 aliphatic rings. The van der Waals surface area contributed by atoms with Crippen LogP contribution in [0.25, 0.3) is 0 Å². The Morgan fingerprint density at radius 1 is 0.971 bits per heavy atom. The lowest BCUT2D eigenvalue weighted by Gasteiger charge is -2.32. The highest BCUT2D eigenvalue weighted by molar-refractivity contribution is 5.77. The number of nitrogens with two attached hydrogens (primary N) is 1. The van der Waals surface area contributed by atoms with Gasteiger partial charge >= 0.3 is 24.1 Å². The van der Waals surface area contributed by atoms with Crippen LogP contribution in [0.1, 0.15) is 79.2 Å². The first-order valence-electron chi connectivity index (χ1n) is 11.7. The minimum atomic E-state index is -1.38. The Kier molecular flexibility index (Phi) is 11.2. The van der Waals surface area contributed by atoms with E-state index in [0.717, 1.165) is 0 Å². The first-order valence-corrected chi connectivity index (χ1v) is 11.7. The van der Waals surface area contributed by atoms with Gasteiger partial charge in [0.05, 0.1) is 0 Å². The van der Waals surface area contributed by atoms with Crippen LogP contribution in [0, 0.1) is 5.92 Å². The summed E-state index contributed by atoms with van der Waals surface area (Å²) in [4.78, 5) is 47.9. The zero-order valence-corrected chi connectivity index (χ0v) is 21.5. The van der Waals surface area contributed by atoms with Gasteiger partial charge in [-0.15, -0.1) is 0 Å². The van der Waals surface area contributed by atoms with Gasteiger partial charge in [-0.25, -0.2) is 4.79 Å². The monoisotopic (exact) mass is 495 g/mol. The van der Waals surface area contributed by atoms with Gasteiger partial charge in [-0.05, 0) is 44.9 Å². The van der Waals surface area contributed by atoms with E-state index in [4.69, 9.17) is 24.7 Å². The number of carboxylic acids is 1. The molecule has 0 fully saturated rings. The van der Waals surface area contributed by atoms with Crippen LogP contribution in [0.4, 0.5) is 4.79 Å². The molecule has 0 saturated carbocycles. The summed E-state index contributed by atoms with van der Waals surface area (Å²) in [5.41, 5.74) is 5.72.